The van der Waals surface area contributed by atoms with E-state index < -0.39 is 89.6 Å². The zero-order chi connectivity index (χ0) is 45.5. The van der Waals surface area contributed by atoms with Crippen LogP contribution in [-0.2, 0) is 46.4 Å². The number of carboxylic acid groups (broad SMARTS) is 1. The van der Waals surface area contributed by atoms with E-state index >= 15 is 0 Å². The molecule has 0 fully saturated rings. The molecule has 0 radical (unpaired) electrons. The second-order valence-electron chi connectivity index (χ2n) is 16.2. The van der Waals surface area contributed by atoms with Crippen LogP contribution in [0.3, 0.4) is 0 Å². The van der Waals surface area contributed by atoms with Crippen LogP contribution in [-0.4, -0.2) is 102 Å². The van der Waals surface area contributed by atoms with Gasteiger partial charge in [-0.05, 0) is 81.5 Å². The number of nitrogens with two attached hydrogens (primary N) is 3. The van der Waals surface area contributed by atoms with E-state index in [-0.39, 0.29) is 31.6 Å². The highest BCUT2D eigenvalue weighted by Crippen LogP contribution is 2.13. The summed E-state index contributed by atoms with van der Waals surface area (Å²) in [6.45, 7) is 9.35. The van der Waals surface area contributed by atoms with Gasteiger partial charge >= 0.3 is 5.97 Å². The van der Waals surface area contributed by atoms with Gasteiger partial charge in [-0.3, -0.25) is 33.6 Å². The van der Waals surface area contributed by atoms with E-state index in [2.05, 4.69) is 31.9 Å². The van der Waals surface area contributed by atoms with Crippen LogP contribution in [0, 0.1) is 11.8 Å². The van der Waals surface area contributed by atoms with Crippen molar-refractivity contribution in [2.24, 2.45) is 29.0 Å². The number of carbonyl (C=O) groups excluding carboxylic acids is 6. The van der Waals surface area contributed by atoms with E-state index in [1.807, 2.05) is 13.8 Å². The SMILES string of the molecule is CC(C)C[C@@H](NC(=O)[C@@H](CCCCN)NC(=O)[C@H](N)CCCCN)C(=O)N[C@@H](C(=O)N[C@H](Cc1ccccc1)C(=O)N[C@H](Cc1ccccc1)C(=O)N[C@H](C)C(=O)O)C(C)C. The third-order valence-electron chi connectivity index (χ3n) is 10.0. The van der Waals surface area contributed by atoms with Crippen molar-refractivity contribution < 1.29 is 38.7 Å². The van der Waals surface area contributed by atoms with Crippen molar-refractivity contribution in [2.75, 3.05) is 13.1 Å². The van der Waals surface area contributed by atoms with Crippen molar-refractivity contribution in [1.82, 2.24) is 31.9 Å². The minimum absolute atomic E-state index is 0.0162. The number of nitrogens with one attached hydrogen (secondary N) is 6. The Bertz CT molecular complexity index is 1700. The van der Waals surface area contributed by atoms with Crippen LogP contribution in [0.1, 0.15) is 90.7 Å². The summed E-state index contributed by atoms with van der Waals surface area (Å²) in [7, 11) is 0. The Labute approximate surface area is 359 Å². The molecule has 338 valence electrons. The quantitative estimate of drug-likeness (QED) is 0.0534. The first-order valence-corrected chi connectivity index (χ1v) is 21.3. The summed E-state index contributed by atoms with van der Waals surface area (Å²) >= 11 is 0. The molecule has 61 heavy (non-hydrogen) atoms. The van der Waals surface area contributed by atoms with E-state index in [9.17, 15) is 38.7 Å². The zero-order valence-corrected chi connectivity index (χ0v) is 36.3. The van der Waals surface area contributed by atoms with Crippen molar-refractivity contribution >= 4 is 41.4 Å². The number of carboxylic acids is 1. The van der Waals surface area contributed by atoms with E-state index in [0.717, 1.165) is 0 Å². The summed E-state index contributed by atoms with van der Waals surface area (Å²) in [4.78, 5) is 94.0. The predicted molar refractivity (Wildman–Crippen MR) is 233 cm³/mol. The number of hydrogen-bond donors (Lipinski definition) is 10. The second-order valence-corrected chi connectivity index (χ2v) is 16.2. The summed E-state index contributed by atoms with van der Waals surface area (Å²) in [6.07, 6.45) is 3.39. The fraction of sp³-hybridized carbons (Fsp3) is 0.568. The molecule has 2 rings (SSSR count). The molecule has 2 aromatic rings. The molecule has 0 saturated heterocycles. The number of benzene rings is 2. The van der Waals surface area contributed by atoms with Crippen molar-refractivity contribution in [3.63, 3.8) is 0 Å². The van der Waals surface area contributed by atoms with Gasteiger partial charge in [-0.25, -0.2) is 0 Å². The van der Waals surface area contributed by atoms with Crippen molar-refractivity contribution in [1.29, 1.82) is 0 Å². The highest BCUT2D eigenvalue weighted by molar-refractivity contribution is 5.97. The number of rotatable bonds is 28. The molecule has 0 spiro atoms. The van der Waals surface area contributed by atoms with Crippen molar-refractivity contribution in [3.05, 3.63) is 71.8 Å². The molecule has 0 aliphatic heterocycles. The van der Waals surface area contributed by atoms with Gasteiger partial charge in [-0.1, -0.05) is 94.8 Å². The standard InChI is InChI=1S/C44H69N9O8/c1-27(2)24-34(50-39(55)33(21-13-15-23-46)49-38(54)32(47)20-12-14-22-45)42(58)53-37(28(3)4)43(59)52-36(26-31-18-10-7-11-19-31)41(57)51-35(25-30-16-8-6-9-17-30)40(56)48-29(5)44(60)61/h6-11,16-19,27-29,32-37H,12-15,20-26,45-47H2,1-5H3,(H,48,56)(H,49,54)(H,50,55)(H,51,57)(H,52,59)(H,53,58)(H,60,61)/t29-,32-,33-,34-,35-,36-,37-/m1/s1. The maximum absolute atomic E-state index is 14.1. The van der Waals surface area contributed by atoms with E-state index in [4.69, 9.17) is 17.2 Å². The van der Waals surface area contributed by atoms with E-state index in [1.165, 1.54) is 6.92 Å². The topological polar surface area (TPSA) is 290 Å². The maximum Gasteiger partial charge on any atom is 0.325 e. The average Bonchev–Trinajstić information content (AvgIpc) is 3.21. The predicted octanol–water partition coefficient (Wildman–Crippen LogP) is 0.773. The molecular weight excluding hydrogens is 783 g/mol. The van der Waals surface area contributed by atoms with Crippen LogP contribution < -0.4 is 49.1 Å². The smallest absolute Gasteiger partial charge is 0.325 e. The largest absolute Gasteiger partial charge is 0.480 e. The molecule has 0 aliphatic rings. The Morgan fingerprint density at radius 2 is 0.951 bits per heavy atom. The molecule has 0 saturated carbocycles. The number of unbranched alkanes of at least 4 members (excludes halogenated alkanes) is 2. The molecule has 0 aliphatic carbocycles. The van der Waals surface area contributed by atoms with Gasteiger partial charge in [0, 0.05) is 12.8 Å². The van der Waals surface area contributed by atoms with Crippen molar-refractivity contribution in [2.45, 2.75) is 135 Å². The normalized spacial score (nSPS) is 14.7. The van der Waals surface area contributed by atoms with Gasteiger partial charge in [0.25, 0.3) is 0 Å². The molecule has 0 bridgehead atoms. The number of carbonyl (C=O) groups is 7. The first-order valence-electron chi connectivity index (χ1n) is 21.3. The van der Waals surface area contributed by atoms with Gasteiger partial charge in [0.15, 0.2) is 0 Å². The Balaban J connectivity index is 2.36. The molecule has 17 nitrogen and oxygen atoms in total. The fourth-order valence-corrected chi connectivity index (χ4v) is 6.47. The average molecular weight is 852 g/mol. The first kappa shape index (κ1) is 51.8. The van der Waals surface area contributed by atoms with Gasteiger partial charge in [0.1, 0.15) is 36.3 Å². The van der Waals surface area contributed by atoms with Gasteiger partial charge in [0.2, 0.25) is 35.4 Å². The molecule has 6 amide bonds. The monoisotopic (exact) mass is 852 g/mol. The van der Waals surface area contributed by atoms with Gasteiger partial charge in [-0.15, -0.1) is 0 Å². The van der Waals surface area contributed by atoms with Crippen LogP contribution in [0.25, 0.3) is 0 Å². The Kier molecular flexibility index (Phi) is 23.3. The zero-order valence-electron chi connectivity index (χ0n) is 36.3. The molecule has 13 N–H and O–H groups in total. The van der Waals surface area contributed by atoms with Gasteiger partial charge in [0.05, 0.1) is 6.04 Å². The van der Waals surface area contributed by atoms with E-state index in [0.29, 0.717) is 56.3 Å². The third kappa shape index (κ3) is 19.3. The minimum atomic E-state index is -1.26. The van der Waals surface area contributed by atoms with Crippen LogP contribution >= 0.6 is 0 Å². The van der Waals surface area contributed by atoms with Gasteiger partial charge < -0.3 is 54.2 Å². The summed E-state index contributed by atoms with van der Waals surface area (Å²) in [5, 5.41) is 25.7. The lowest BCUT2D eigenvalue weighted by molar-refractivity contribution is -0.141. The Morgan fingerprint density at radius 1 is 0.525 bits per heavy atom. The van der Waals surface area contributed by atoms with Crippen molar-refractivity contribution in [3.8, 4) is 0 Å². The van der Waals surface area contributed by atoms with Gasteiger partial charge in [-0.2, -0.15) is 0 Å². The lowest BCUT2D eigenvalue weighted by Crippen LogP contribution is -2.61. The highest BCUT2D eigenvalue weighted by Gasteiger charge is 2.35. The third-order valence-corrected chi connectivity index (χ3v) is 10.0. The fourth-order valence-electron chi connectivity index (χ4n) is 6.47. The summed E-state index contributed by atoms with van der Waals surface area (Å²) in [5.74, 6) is -5.66. The Morgan fingerprint density at radius 3 is 1.43 bits per heavy atom. The van der Waals surface area contributed by atoms with Crippen LogP contribution in [0.2, 0.25) is 0 Å². The highest BCUT2D eigenvalue weighted by atomic mass is 16.4. The lowest BCUT2D eigenvalue weighted by Gasteiger charge is -2.29. The Hall–Kier alpha value is -5.39. The van der Waals surface area contributed by atoms with E-state index in [1.54, 1.807) is 74.5 Å². The summed E-state index contributed by atoms with van der Waals surface area (Å²) < 4.78 is 0. The first-order chi connectivity index (χ1) is 29.0. The molecule has 0 aromatic heterocycles. The molecule has 0 heterocycles. The number of hydrogen-bond acceptors (Lipinski definition) is 10. The maximum atomic E-state index is 14.1. The van der Waals surface area contributed by atoms with Crippen LogP contribution in [0.5, 0.6) is 0 Å². The minimum Gasteiger partial charge on any atom is -0.480 e. The molecular formula is C44H69N9O8. The number of aliphatic carboxylic acids is 1. The second kappa shape index (κ2) is 27.5. The molecule has 7 atom stereocenters. The van der Waals surface area contributed by atoms with Crippen LogP contribution in [0.4, 0.5) is 0 Å². The molecule has 0 unspecified atom stereocenters. The lowest BCUT2D eigenvalue weighted by atomic mass is 9.98. The number of amides is 6. The molecule has 2 aromatic carbocycles. The van der Waals surface area contributed by atoms with Crippen LogP contribution in [0.15, 0.2) is 60.7 Å². The summed E-state index contributed by atoms with van der Waals surface area (Å²) in [6, 6.07) is 9.97. The molecule has 17 heteroatoms. The summed E-state index contributed by atoms with van der Waals surface area (Å²) in [5.41, 5.74) is 18.8.